The number of aromatic amines is 1. The van der Waals surface area contributed by atoms with E-state index in [9.17, 15) is 4.79 Å². The van der Waals surface area contributed by atoms with E-state index in [1.54, 1.807) is 18.3 Å². The molecule has 0 spiro atoms. The summed E-state index contributed by atoms with van der Waals surface area (Å²) in [6.07, 6.45) is 3.26. The standard InChI is InChI=1S/C14H12N4O2/c1-20-13-6-9(4-5-15-13)14(19)17-11-3-2-10-8-16-18-12(10)7-11/h2-8H,1H3,(H,16,18)(H,17,19). The SMILES string of the molecule is COc1cc(C(=O)Nc2ccc3cn[nH]c3c2)ccn1. The molecule has 0 aliphatic rings. The largest absolute Gasteiger partial charge is 0.481 e. The Hall–Kier alpha value is -2.89. The van der Waals surface area contributed by atoms with Crippen molar-refractivity contribution in [2.75, 3.05) is 12.4 Å². The number of hydrogen-bond acceptors (Lipinski definition) is 4. The molecule has 1 amide bonds. The first-order valence-electron chi connectivity index (χ1n) is 6.01. The van der Waals surface area contributed by atoms with Crippen molar-refractivity contribution in [3.8, 4) is 5.88 Å². The molecule has 0 atom stereocenters. The van der Waals surface area contributed by atoms with Crippen LogP contribution in [0.2, 0.25) is 0 Å². The first-order chi connectivity index (χ1) is 9.76. The number of benzene rings is 1. The second-order valence-corrected chi connectivity index (χ2v) is 4.21. The maximum absolute atomic E-state index is 12.1. The number of rotatable bonds is 3. The van der Waals surface area contributed by atoms with E-state index in [-0.39, 0.29) is 5.91 Å². The molecule has 6 nitrogen and oxygen atoms in total. The van der Waals surface area contributed by atoms with Crippen molar-refractivity contribution in [1.82, 2.24) is 15.2 Å². The van der Waals surface area contributed by atoms with Crippen molar-refractivity contribution < 1.29 is 9.53 Å². The summed E-state index contributed by atoms with van der Waals surface area (Å²) in [5.41, 5.74) is 2.05. The van der Waals surface area contributed by atoms with Gasteiger partial charge in [0.2, 0.25) is 5.88 Å². The van der Waals surface area contributed by atoms with Crippen molar-refractivity contribution in [2.24, 2.45) is 0 Å². The van der Waals surface area contributed by atoms with Crippen LogP contribution in [0.3, 0.4) is 0 Å². The van der Waals surface area contributed by atoms with Crippen LogP contribution in [-0.4, -0.2) is 28.2 Å². The van der Waals surface area contributed by atoms with Gasteiger partial charge in [-0.2, -0.15) is 5.10 Å². The quantitative estimate of drug-likeness (QED) is 0.763. The minimum atomic E-state index is -0.218. The number of nitrogens with one attached hydrogen (secondary N) is 2. The van der Waals surface area contributed by atoms with E-state index < -0.39 is 0 Å². The number of carbonyl (C=O) groups is 1. The van der Waals surface area contributed by atoms with Gasteiger partial charge in [0, 0.05) is 28.9 Å². The summed E-state index contributed by atoms with van der Waals surface area (Å²) in [7, 11) is 1.51. The molecule has 0 saturated carbocycles. The van der Waals surface area contributed by atoms with Crippen LogP contribution in [-0.2, 0) is 0 Å². The van der Waals surface area contributed by atoms with Crippen LogP contribution >= 0.6 is 0 Å². The molecule has 3 aromatic rings. The summed E-state index contributed by atoms with van der Waals surface area (Å²) >= 11 is 0. The number of H-pyrrole nitrogens is 1. The molecule has 2 heterocycles. The minimum Gasteiger partial charge on any atom is -0.481 e. The van der Waals surface area contributed by atoms with Crippen molar-refractivity contribution in [3.63, 3.8) is 0 Å². The lowest BCUT2D eigenvalue weighted by Gasteiger charge is -2.06. The van der Waals surface area contributed by atoms with Crippen LogP contribution in [0.5, 0.6) is 5.88 Å². The van der Waals surface area contributed by atoms with Gasteiger partial charge >= 0.3 is 0 Å². The lowest BCUT2D eigenvalue weighted by Crippen LogP contribution is -2.12. The highest BCUT2D eigenvalue weighted by atomic mass is 16.5. The summed E-state index contributed by atoms with van der Waals surface area (Å²) in [5.74, 6) is 0.186. The Morgan fingerprint density at radius 1 is 1.30 bits per heavy atom. The minimum absolute atomic E-state index is 0.218. The fourth-order valence-electron chi connectivity index (χ4n) is 1.88. The first-order valence-corrected chi connectivity index (χ1v) is 6.01. The Morgan fingerprint density at radius 3 is 3.05 bits per heavy atom. The van der Waals surface area contributed by atoms with Gasteiger partial charge in [-0.15, -0.1) is 0 Å². The predicted octanol–water partition coefficient (Wildman–Crippen LogP) is 2.22. The molecule has 0 radical (unpaired) electrons. The highest BCUT2D eigenvalue weighted by Gasteiger charge is 2.08. The van der Waals surface area contributed by atoms with Crippen LogP contribution in [0.1, 0.15) is 10.4 Å². The topological polar surface area (TPSA) is 79.9 Å². The van der Waals surface area contributed by atoms with E-state index in [1.807, 2.05) is 18.2 Å². The van der Waals surface area contributed by atoms with E-state index in [0.29, 0.717) is 17.1 Å². The van der Waals surface area contributed by atoms with E-state index in [1.165, 1.54) is 13.3 Å². The number of carbonyl (C=O) groups excluding carboxylic acids is 1. The third-order valence-electron chi connectivity index (χ3n) is 2.91. The molecule has 1 aromatic carbocycles. The monoisotopic (exact) mass is 268 g/mol. The van der Waals surface area contributed by atoms with Crippen LogP contribution < -0.4 is 10.1 Å². The van der Waals surface area contributed by atoms with Gasteiger partial charge in [-0.05, 0) is 24.3 Å². The average molecular weight is 268 g/mol. The van der Waals surface area contributed by atoms with Crippen molar-refractivity contribution in [3.05, 3.63) is 48.3 Å². The number of nitrogens with zero attached hydrogens (tertiary/aromatic N) is 2. The molecule has 0 aliphatic carbocycles. The van der Waals surface area contributed by atoms with Gasteiger partial charge < -0.3 is 10.1 Å². The smallest absolute Gasteiger partial charge is 0.255 e. The molecule has 100 valence electrons. The zero-order valence-electron chi connectivity index (χ0n) is 10.8. The lowest BCUT2D eigenvalue weighted by atomic mass is 10.2. The molecular weight excluding hydrogens is 256 g/mol. The summed E-state index contributed by atoms with van der Waals surface area (Å²) in [6, 6.07) is 8.77. The van der Waals surface area contributed by atoms with E-state index in [4.69, 9.17) is 4.74 Å². The van der Waals surface area contributed by atoms with Gasteiger partial charge in [0.25, 0.3) is 5.91 Å². The first kappa shape index (κ1) is 12.2. The second-order valence-electron chi connectivity index (χ2n) is 4.21. The van der Waals surface area contributed by atoms with E-state index >= 15 is 0 Å². The van der Waals surface area contributed by atoms with Crippen LogP contribution in [0, 0.1) is 0 Å². The maximum Gasteiger partial charge on any atom is 0.255 e. The highest BCUT2D eigenvalue weighted by Crippen LogP contribution is 2.18. The number of ether oxygens (including phenoxy) is 1. The number of amides is 1. The summed E-state index contributed by atoms with van der Waals surface area (Å²) < 4.78 is 5.00. The van der Waals surface area contributed by atoms with Crippen LogP contribution in [0.4, 0.5) is 5.69 Å². The van der Waals surface area contributed by atoms with E-state index in [0.717, 1.165) is 10.9 Å². The Labute approximate surface area is 114 Å². The van der Waals surface area contributed by atoms with Crippen LogP contribution in [0.25, 0.3) is 10.9 Å². The normalized spacial score (nSPS) is 10.4. The molecule has 0 unspecified atom stereocenters. The summed E-state index contributed by atoms with van der Waals surface area (Å²) in [5, 5.41) is 10.6. The van der Waals surface area contributed by atoms with Gasteiger partial charge in [-0.3, -0.25) is 9.89 Å². The number of pyridine rings is 1. The number of aromatic nitrogens is 3. The molecule has 0 bridgehead atoms. The highest BCUT2D eigenvalue weighted by molar-refractivity contribution is 6.05. The molecule has 0 saturated heterocycles. The Morgan fingerprint density at radius 2 is 2.20 bits per heavy atom. The number of hydrogen-bond donors (Lipinski definition) is 2. The van der Waals surface area contributed by atoms with Gasteiger partial charge in [0.15, 0.2) is 0 Å². The molecule has 6 heteroatoms. The Kier molecular flexibility index (Phi) is 3.04. The second kappa shape index (κ2) is 5.00. The third-order valence-corrected chi connectivity index (χ3v) is 2.91. The average Bonchev–Trinajstić information content (AvgIpc) is 2.95. The Bertz CT molecular complexity index is 766. The Balaban J connectivity index is 1.83. The van der Waals surface area contributed by atoms with Crippen molar-refractivity contribution in [2.45, 2.75) is 0 Å². The number of fused-ring (bicyclic) bond motifs is 1. The molecule has 20 heavy (non-hydrogen) atoms. The van der Waals surface area contributed by atoms with Gasteiger partial charge in [-0.25, -0.2) is 4.98 Å². The number of methoxy groups -OCH3 is 1. The molecule has 0 aliphatic heterocycles. The summed E-state index contributed by atoms with van der Waals surface area (Å²) in [6.45, 7) is 0. The molecule has 3 rings (SSSR count). The van der Waals surface area contributed by atoms with E-state index in [2.05, 4.69) is 20.5 Å². The molecular formula is C14H12N4O2. The number of anilines is 1. The molecule has 2 aromatic heterocycles. The van der Waals surface area contributed by atoms with Crippen LogP contribution in [0.15, 0.2) is 42.7 Å². The lowest BCUT2D eigenvalue weighted by molar-refractivity contribution is 0.102. The van der Waals surface area contributed by atoms with Crippen molar-refractivity contribution in [1.29, 1.82) is 0 Å². The zero-order valence-corrected chi connectivity index (χ0v) is 10.8. The van der Waals surface area contributed by atoms with Gasteiger partial charge in [0.1, 0.15) is 0 Å². The fraction of sp³-hybridized carbons (Fsp3) is 0.0714. The summed E-state index contributed by atoms with van der Waals surface area (Å²) in [4.78, 5) is 16.1. The van der Waals surface area contributed by atoms with Gasteiger partial charge in [0.05, 0.1) is 18.8 Å². The third kappa shape index (κ3) is 2.31. The molecule has 2 N–H and O–H groups in total. The maximum atomic E-state index is 12.1. The van der Waals surface area contributed by atoms with Crippen molar-refractivity contribution >= 4 is 22.5 Å². The fourth-order valence-corrected chi connectivity index (χ4v) is 1.88. The molecule has 0 fully saturated rings. The van der Waals surface area contributed by atoms with Gasteiger partial charge in [-0.1, -0.05) is 0 Å². The zero-order chi connectivity index (χ0) is 13.9. The predicted molar refractivity (Wildman–Crippen MR) is 74.8 cm³/mol.